The Morgan fingerprint density at radius 3 is 2.62 bits per heavy atom. The van der Waals surface area contributed by atoms with Gasteiger partial charge in [-0.2, -0.15) is 5.26 Å². The van der Waals surface area contributed by atoms with Gasteiger partial charge in [0.2, 0.25) is 0 Å². The molecule has 0 atom stereocenters. The van der Waals surface area contributed by atoms with Gasteiger partial charge in [0.1, 0.15) is 17.4 Å². The molecule has 3 rings (SSSR count). The number of anilines is 2. The molecule has 0 N–H and O–H groups in total. The van der Waals surface area contributed by atoms with Crippen molar-refractivity contribution in [1.82, 2.24) is 9.97 Å². The lowest BCUT2D eigenvalue weighted by Crippen LogP contribution is -2.21. The highest BCUT2D eigenvalue weighted by Gasteiger charge is 2.24. The zero-order valence-corrected chi connectivity index (χ0v) is 13.7. The zero-order valence-electron chi connectivity index (χ0n) is 13.7. The summed E-state index contributed by atoms with van der Waals surface area (Å²) in [4.78, 5) is 9.97. The van der Waals surface area contributed by atoms with Crippen LogP contribution in [0.15, 0.2) is 36.5 Å². The van der Waals surface area contributed by atoms with Crippen LogP contribution in [0.5, 0.6) is 5.75 Å². The third-order valence-corrected chi connectivity index (χ3v) is 3.74. The fourth-order valence-corrected chi connectivity index (χ4v) is 2.51. The van der Waals surface area contributed by atoms with Gasteiger partial charge in [0.05, 0.1) is 36.6 Å². The van der Waals surface area contributed by atoms with Gasteiger partial charge >= 0.3 is 0 Å². The van der Waals surface area contributed by atoms with Gasteiger partial charge in [-0.3, -0.25) is 4.98 Å². The number of aromatic nitrogens is 2. The van der Waals surface area contributed by atoms with Crippen molar-refractivity contribution in [3.63, 3.8) is 0 Å². The van der Waals surface area contributed by atoms with Gasteiger partial charge in [-0.05, 0) is 12.1 Å². The first-order chi connectivity index (χ1) is 12.6. The summed E-state index contributed by atoms with van der Waals surface area (Å²) in [7, 11) is 1.26. The van der Waals surface area contributed by atoms with Gasteiger partial charge in [-0.25, -0.2) is 13.8 Å². The summed E-state index contributed by atoms with van der Waals surface area (Å²) in [6.07, 6.45) is 6.81. The summed E-state index contributed by atoms with van der Waals surface area (Å²) in [5, 5.41) is 9.02. The lowest BCUT2D eigenvalue weighted by Gasteiger charge is -2.23. The maximum Gasteiger partial charge on any atom is 0.184 e. The number of hydrogen-bond acceptors (Lipinski definition) is 5. The average Bonchev–Trinajstić information content (AvgIpc) is 2.68. The zero-order chi connectivity index (χ0) is 18.7. The van der Waals surface area contributed by atoms with Crippen molar-refractivity contribution in [2.45, 2.75) is 0 Å². The summed E-state index contributed by atoms with van der Waals surface area (Å²) in [6.45, 7) is -0.0849. The fourth-order valence-electron chi connectivity index (χ4n) is 2.51. The van der Waals surface area contributed by atoms with E-state index in [2.05, 4.69) is 15.9 Å². The Hall–Kier alpha value is -3.71. The van der Waals surface area contributed by atoms with Crippen LogP contribution < -0.4 is 9.64 Å². The molecule has 26 heavy (non-hydrogen) atoms. The fraction of sp³-hybridized carbons (Fsp3) is 0.105. The third kappa shape index (κ3) is 2.87. The first-order valence-electron chi connectivity index (χ1n) is 7.49. The maximum absolute atomic E-state index is 14.6. The van der Waals surface area contributed by atoms with E-state index in [4.69, 9.17) is 16.4 Å². The van der Waals surface area contributed by atoms with Crippen molar-refractivity contribution in [2.75, 3.05) is 18.6 Å². The first-order valence-corrected chi connectivity index (χ1v) is 7.49. The Balaban J connectivity index is 2.21. The summed E-state index contributed by atoms with van der Waals surface area (Å²) < 4.78 is 33.9. The molecule has 7 heteroatoms. The van der Waals surface area contributed by atoms with Crippen molar-refractivity contribution in [3.8, 4) is 24.2 Å². The molecular weight excluding hydrogens is 338 g/mol. The van der Waals surface area contributed by atoms with E-state index >= 15 is 0 Å². The molecule has 1 heterocycles. The summed E-state index contributed by atoms with van der Waals surface area (Å²) >= 11 is 0. The minimum atomic E-state index is -1.31. The molecule has 5 nitrogen and oxygen atoms in total. The topological polar surface area (TPSA) is 62.0 Å². The van der Waals surface area contributed by atoms with Crippen LogP contribution in [0.1, 0.15) is 5.56 Å². The maximum atomic E-state index is 14.6. The molecule has 0 saturated carbocycles. The lowest BCUT2D eigenvalue weighted by atomic mass is 10.1. The van der Waals surface area contributed by atoms with E-state index in [1.807, 2.05) is 6.07 Å². The number of para-hydroxylation sites is 2. The monoisotopic (exact) mass is 350 g/mol. The molecule has 1 aromatic heterocycles. The minimum absolute atomic E-state index is 0.0849. The van der Waals surface area contributed by atoms with Crippen molar-refractivity contribution < 1.29 is 13.5 Å². The third-order valence-electron chi connectivity index (χ3n) is 3.74. The van der Waals surface area contributed by atoms with E-state index in [9.17, 15) is 8.78 Å². The van der Waals surface area contributed by atoms with Crippen molar-refractivity contribution in [3.05, 3.63) is 53.7 Å². The van der Waals surface area contributed by atoms with Crippen LogP contribution in [0.3, 0.4) is 0 Å². The molecule has 0 aliphatic carbocycles. The first kappa shape index (κ1) is 17.1. The molecule has 0 spiro atoms. The van der Waals surface area contributed by atoms with E-state index in [-0.39, 0.29) is 23.8 Å². The summed E-state index contributed by atoms with van der Waals surface area (Å²) in [6, 6.07) is 9.94. The smallest absolute Gasteiger partial charge is 0.184 e. The van der Waals surface area contributed by atoms with Gasteiger partial charge in [0.25, 0.3) is 0 Å². The Labute approximate surface area is 148 Å². The van der Waals surface area contributed by atoms with Crippen LogP contribution in [-0.4, -0.2) is 23.6 Å². The van der Waals surface area contributed by atoms with Crippen molar-refractivity contribution >= 4 is 22.5 Å². The summed E-state index contributed by atoms with van der Waals surface area (Å²) in [5.41, 5.74) is 0.523. The normalized spacial score (nSPS) is 10.2. The lowest BCUT2D eigenvalue weighted by molar-refractivity contribution is 0.404. The number of halogens is 2. The molecular formula is C19H12F2N4O. The number of benzene rings is 2. The van der Waals surface area contributed by atoms with Crippen LogP contribution in [0.25, 0.3) is 11.0 Å². The van der Waals surface area contributed by atoms with Crippen molar-refractivity contribution in [1.29, 1.82) is 5.26 Å². The average molecular weight is 350 g/mol. The number of hydrogen-bond donors (Lipinski definition) is 0. The number of rotatable bonds is 4. The molecule has 0 bridgehead atoms. The van der Waals surface area contributed by atoms with E-state index in [1.165, 1.54) is 24.3 Å². The highest BCUT2D eigenvalue weighted by atomic mass is 19.2. The molecule has 128 valence electrons. The highest BCUT2D eigenvalue weighted by molar-refractivity contribution is 5.77. The number of terminal acetylenes is 1. The molecule has 0 amide bonds. The molecule has 0 saturated heterocycles. The van der Waals surface area contributed by atoms with E-state index in [0.29, 0.717) is 11.0 Å². The Kier molecular flexibility index (Phi) is 4.64. The molecule has 0 fully saturated rings. The van der Waals surface area contributed by atoms with Crippen LogP contribution in [-0.2, 0) is 0 Å². The van der Waals surface area contributed by atoms with Gasteiger partial charge in [-0.15, -0.1) is 6.42 Å². The second-order valence-corrected chi connectivity index (χ2v) is 5.22. The molecule has 3 aromatic rings. The number of fused-ring (bicyclic) bond motifs is 1. The largest absolute Gasteiger partial charge is 0.495 e. The quantitative estimate of drug-likeness (QED) is 0.673. The van der Waals surface area contributed by atoms with Crippen LogP contribution in [0, 0.1) is 35.3 Å². The minimum Gasteiger partial charge on any atom is -0.495 e. The van der Waals surface area contributed by atoms with E-state index < -0.39 is 17.2 Å². The molecule has 2 aromatic carbocycles. The standard InChI is InChI=1S/C19H12F2N4O/c1-3-8-25(17-11-23-13-6-4-5-7-14(13)24-17)15-9-16(26-2)12(10-22)18(20)19(15)21/h1,4-7,9,11H,8H2,2H3. The number of nitriles is 1. The predicted molar refractivity (Wildman–Crippen MR) is 93.0 cm³/mol. The molecule has 0 unspecified atom stereocenters. The van der Waals surface area contributed by atoms with Gasteiger partial charge in [0.15, 0.2) is 17.5 Å². The number of nitrogens with zero attached hydrogens (tertiary/aromatic N) is 4. The Morgan fingerprint density at radius 2 is 1.96 bits per heavy atom. The predicted octanol–water partition coefficient (Wildman–Crippen LogP) is 3.56. The van der Waals surface area contributed by atoms with Gasteiger partial charge in [0, 0.05) is 6.07 Å². The van der Waals surface area contributed by atoms with Gasteiger partial charge < -0.3 is 9.64 Å². The SMILES string of the molecule is C#CCN(c1cnc2ccccc2n1)c1cc(OC)c(C#N)c(F)c1F. The molecule has 0 aliphatic rings. The van der Waals surface area contributed by atoms with Gasteiger partial charge in [-0.1, -0.05) is 18.1 Å². The van der Waals surface area contributed by atoms with Crippen molar-refractivity contribution in [2.24, 2.45) is 0 Å². The molecule has 0 radical (unpaired) electrons. The Morgan fingerprint density at radius 1 is 1.23 bits per heavy atom. The van der Waals surface area contributed by atoms with Crippen LogP contribution in [0.2, 0.25) is 0 Å². The van der Waals surface area contributed by atoms with Crippen LogP contribution in [0.4, 0.5) is 20.3 Å². The second-order valence-electron chi connectivity index (χ2n) is 5.22. The highest BCUT2D eigenvalue weighted by Crippen LogP contribution is 2.34. The van der Waals surface area contributed by atoms with E-state index in [1.54, 1.807) is 24.3 Å². The second kappa shape index (κ2) is 7.04. The summed E-state index contributed by atoms with van der Waals surface area (Å²) in [5.74, 6) is 0.00830. The number of methoxy groups -OCH3 is 1. The van der Waals surface area contributed by atoms with Crippen LogP contribution >= 0.6 is 0 Å². The number of ether oxygens (including phenoxy) is 1. The Bertz CT molecular complexity index is 1070. The van der Waals surface area contributed by atoms with E-state index in [0.717, 1.165) is 0 Å². The molecule has 0 aliphatic heterocycles.